The van der Waals surface area contributed by atoms with Crippen LogP contribution in [-0.2, 0) is 0 Å². The standard InChI is InChI=1S/C13H17N2OP.C9H8N2O.C4H10ClP.C4H9.Li/c1-4-17(5-2)13-14-11-8-6-7-9-12(11)15(13)10(3)16;1-7(12)11-6-10-8-4-2-3-5-9(8)11;1-3-6(5)4-2;1-3-4-2;/h6-9H,4-5H2,1-3H3;2-6H,1H3;3-4H2,1-2H3;1,3-4H2,2H3;/q;;;-1;+1. The average Bonchev–Trinajstić information content (AvgIpc) is 3.56. The summed E-state index contributed by atoms with van der Waals surface area (Å²) in [6.07, 6.45) is 8.29. The monoisotopic (exact) mass is 596 g/mol. The van der Waals surface area contributed by atoms with Gasteiger partial charge in [0.15, 0.2) is 0 Å². The minimum Gasteiger partial charge on any atom is -0.343 e. The molecule has 0 N–H and O–H groups in total. The molecule has 0 unspecified atom stereocenters. The second-order valence-electron chi connectivity index (χ2n) is 8.50. The molecule has 0 fully saturated rings. The molecule has 2 aromatic carbocycles. The van der Waals surface area contributed by atoms with Crippen molar-refractivity contribution in [2.45, 2.75) is 61.3 Å². The summed E-state index contributed by atoms with van der Waals surface area (Å²) in [7, 11) is -0.424. The van der Waals surface area contributed by atoms with E-state index in [4.69, 9.17) is 11.2 Å². The molecule has 214 valence electrons. The van der Waals surface area contributed by atoms with E-state index in [1.165, 1.54) is 17.9 Å². The molecule has 0 aliphatic rings. The molecule has 0 amide bonds. The van der Waals surface area contributed by atoms with Crippen LogP contribution in [0.2, 0.25) is 0 Å². The zero-order valence-electron chi connectivity index (χ0n) is 25.5. The Kier molecular flexibility index (Phi) is 20.4. The van der Waals surface area contributed by atoms with Crippen molar-refractivity contribution >= 4 is 65.9 Å². The van der Waals surface area contributed by atoms with Crippen molar-refractivity contribution in [2.75, 3.05) is 24.6 Å². The Hall–Kier alpha value is -1.53. The molecular formula is C30H44ClLiN4O2P2. The third kappa shape index (κ3) is 11.8. The predicted molar refractivity (Wildman–Crippen MR) is 174 cm³/mol. The Morgan fingerprint density at radius 3 is 1.75 bits per heavy atom. The van der Waals surface area contributed by atoms with Gasteiger partial charge in [0.05, 0.1) is 22.1 Å². The van der Waals surface area contributed by atoms with Crippen LogP contribution < -0.4 is 24.4 Å². The summed E-state index contributed by atoms with van der Waals surface area (Å²) >= 11 is 5.71. The van der Waals surface area contributed by atoms with Gasteiger partial charge in [0.2, 0.25) is 11.8 Å². The van der Waals surface area contributed by atoms with Crippen molar-refractivity contribution in [3.05, 3.63) is 61.8 Å². The average molecular weight is 597 g/mol. The minimum atomic E-state index is -0.320. The van der Waals surface area contributed by atoms with Crippen LogP contribution in [0.3, 0.4) is 0 Å². The molecule has 6 nitrogen and oxygen atoms in total. The fourth-order valence-electron chi connectivity index (χ4n) is 3.48. The van der Waals surface area contributed by atoms with E-state index in [-0.39, 0.29) is 45.9 Å². The summed E-state index contributed by atoms with van der Waals surface area (Å²) in [5.41, 5.74) is 4.55. The van der Waals surface area contributed by atoms with Crippen LogP contribution >= 0.6 is 26.4 Å². The molecule has 0 saturated carbocycles. The number of unbranched alkanes of at least 4 members (excludes halogenated alkanes) is 1. The Morgan fingerprint density at radius 1 is 0.825 bits per heavy atom. The summed E-state index contributed by atoms with van der Waals surface area (Å²) in [4.78, 5) is 31.6. The smallest absolute Gasteiger partial charge is 0.343 e. The number of nitrogens with zero attached hydrogens (tertiary/aromatic N) is 4. The van der Waals surface area contributed by atoms with Crippen molar-refractivity contribution in [1.82, 2.24) is 19.1 Å². The van der Waals surface area contributed by atoms with Crippen LogP contribution in [0, 0.1) is 6.92 Å². The first kappa shape index (κ1) is 38.5. The molecule has 0 radical (unpaired) electrons. The molecule has 4 aromatic rings. The third-order valence-corrected chi connectivity index (χ3v) is 10.9. The fourth-order valence-corrected chi connectivity index (χ4v) is 5.72. The molecule has 4 rings (SSSR count). The van der Waals surface area contributed by atoms with Gasteiger partial charge in [-0.15, -0.1) is 0 Å². The Bertz CT molecular complexity index is 1290. The van der Waals surface area contributed by atoms with Crippen LogP contribution in [0.4, 0.5) is 0 Å². The van der Waals surface area contributed by atoms with Gasteiger partial charge in [-0.3, -0.25) is 18.7 Å². The van der Waals surface area contributed by atoms with Crippen molar-refractivity contribution in [2.24, 2.45) is 0 Å². The summed E-state index contributed by atoms with van der Waals surface area (Å²) in [5.74, 6) is 0.0480. The van der Waals surface area contributed by atoms with E-state index in [2.05, 4.69) is 51.5 Å². The van der Waals surface area contributed by atoms with Gasteiger partial charge in [-0.05, 0) is 64.1 Å². The quantitative estimate of drug-likeness (QED) is 0.160. The van der Waals surface area contributed by atoms with Crippen molar-refractivity contribution < 1.29 is 28.4 Å². The molecule has 0 bridgehead atoms. The van der Waals surface area contributed by atoms with Gasteiger partial charge in [0.1, 0.15) is 11.9 Å². The number of imidazole rings is 2. The van der Waals surface area contributed by atoms with E-state index in [0.29, 0.717) is 0 Å². The number of para-hydroxylation sites is 4. The van der Waals surface area contributed by atoms with E-state index in [1.807, 2.05) is 48.5 Å². The number of rotatable bonds is 6. The molecule has 0 atom stereocenters. The number of hydrogen-bond donors (Lipinski definition) is 0. The maximum absolute atomic E-state index is 11.8. The van der Waals surface area contributed by atoms with Crippen molar-refractivity contribution in [1.29, 1.82) is 0 Å². The minimum absolute atomic E-state index is 0. The summed E-state index contributed by atoms with van der Waals surface area (Å²) in [6.45, 7) is 17.4. The summed E-state index contributed by atoms with van der Waals surface area (Å²) in [6, 6.07) is 15.4. The molecule has 2 aromatic heterocycles. The zero-order valence-corrected chi connectivity index (χ0v) is 28.1. The first-order valence-corrected chi connectivity index (χ1v) is 17.9. The second kappa shape index (κ2) is 21.2. The normalized spacial score (nSPS) is 10.2. The van der Waals surface area contributed by atoms with Gasteiger partial charge in [-0.1, -0.05) is 76.5 Å². The SMILES string of the molecule is CC(=O)n1cnc2ccccc21.CCP(CC)c1nc2ccccc2n1C(C)=O.CCP(Cl)CC.[CH2-]CCC.[Li+]. The van der Waals surface area contributed by atoms with E-state index in [0.717, 1.165) is 58.7 Å². The molecule has 10 heteroatoms. The van der Waals surface area contributed by atoms with E-state index in [1.54, 1.807) is 17.8 Å². The van der Waals surface area contributed by atoms with E-state index >= 15 is 0 Å². The first-order chi connectivity index (χ1) is 18.7. The third-order valence-electron chi connectivity index (χ3n) is 5.74. The van der Waals surface area contributed by atoms with Gasteiger partial charge >= 0.3 is 18.9 Å². The second-order valence-corrected chi connectivity index (χ2v) is 14.9. The Balaban J connectivity index is 0.000000576. The Labute approximate surface area is 260 Å². The largest absolute Gasteiger partial charge is 1.00 e. The summed E-state index contributed by atoms with van der Waals surface area (Å²) < 4.78 is 3.32. The number of carbonyl (C=O) groups excluding carboxylic acids is 2. The van der Waals surface area contributed by atoms with Gasteiger partial charge in [-0.2, -0.15) is 6.42 Å². The number of fused-ring (bicyclic) bond motifs is 2. The van der Waals surface area contributed by atoms with Crippen LogP contribution in [0.5, 0.6) is 0 Å². The molecule has 0 spiro atoms. The molecule has 40 heavy (non-hydrogen) atoms. The summed E-state index contributed by atoms with van der Waals surface area (Å²) in [5, 5.41) is 0. The van der Waals surface area contributed by atoms with E-state index in [9.17, 15) is 9.59 Å². The predicted octanol–water partition coefficient (Wildman–Crippen LogP) is 5.83. The molecular weight excluding hydrogens is 553 g/mol. The maximum atomic E-state index is 11.8. The fraction of sp³-hybridized carbons (Fsp3) is 0.433. The number of aromatic nitrogens is 4. The van der Waals surface area contributed by atoms with Gasteiger partial charge in [-0.25, -0.2) is 9.97 Å². The maximum Gasteiger partial charge on any atom is 1.00 e. The van der Waals surface area contributed by atoms with Crippen molar-refractivity contribution in [3.63, 3.8) is 0 Å². The molecule has 2 heterocycles. The van der Waals surface area contributed by atoms with Gasteiger partial charge in [0, 0.05) is 13.8 Å². The van der Waals surface area contributed by atoms with Gasteiger partial charge < -0.3 is 6.92 Å². The first-order valence-electron chi connectivity index (χ1n) is 13.6. The van der Waals surface area contributed by atoms with E-state index < -0.39 is 0 Å². The van der Waals surface area contributed by atoms with Crippen LogP contribution in [-0.4, -0.2) is 55.6 Å². The number of hydrogen-bond acceptors (Lipinski definition) is 4. The van der Waals surface area contributed by atoms with Gasteiger partial charge in [0.25, 0.3) is 0 Å². The number of halogens is 1. The molecule has 0 saturated heterocycles. The Morgan fingerprint density at radius 2 is 1.32 bits per heavy atom. The number of carbonyl (C=O) groups is 2. The molecule has 0 aliphatic carbocycles. The van der Waals surface area contributed by atoms with Crippen molar-refractivity contribution in [3.8, 4) is 0 Å². The zero-order chi connectivity index (χ0) is 29.4. The van der Waals surface area contributed by atoms with Crippen LogP contribution in [0.15, 0.2) is 54.9 Å². The van der Waals surface area contributed by atoms with Crippen LogP contribution in [0.1, 0.15) is 70.9 Å². The molecule has 0 aliphatic heterocycles. The topological polar surface area (TPSA) is 69.8 Å². The number of benzene rings is 2. The van der Waals surface area contributed by atoms with Crippen LogP contribution in [0.25, 0.3) is 22.1 Å².